The van der Waals surface area contributed by atoms with Gasteiger partial charge in [-0.15, -0.1) is 0 Å². The van der Waals surface area contributed by atoms with Gasteiger partial charge in [-0.25, -0.2) is 5.06 Å². The van der Waals surface area contributed by atoms with Gasteiger partial charge in [0.1, 0.15) is 0 Å². The minimum atomic E-state index is -0.247. The normalized spacial score (nSPS) is 11.0. The molecule has 0 saturated heterocycles. The molecule has 0 N–H and O–H groups in total. The molecule has 0 atom stereocenters. The average Bonchev–Trinajstić information content (AvgIpc) is 2.15. The predicted molar refractivity (Wildman–Crippen MR) is 52.9 cm³/mol. The van der Waals surface area contributed by atoms with Crippen LogP contribution >= 0.6 is 0 Å². The summed E-state index contributed by atoms with van der Waals surface area (Å²) in [4.78, 5) is 16.0. The van der Waals surface area contributed by atoms with Crippen LogP contribution in [0.3, 0.4) is 0 Å². The number of carbonyl (C=O) groups is 1. The van der Waals surface area contributed by atoms with E-state index < -0.39 is 0 Å². The second kappa shape index (κ2) is 6.20. The summed E-state index contributed by atoms with van der Waals surface area (Å²) < 4.78 is 0. The standard InChI is InChI=1S/C10H15NO2/c1-5-6-7-8-9(2)10(12)11(3)13-4/h5-8H,2H2,1,3-4H3/b6-5-,8-7-. The van der Waals surface area contributed by atoms with E-state index in [1.54, 1.807) is 12.2 Å². The summed E-state index contributed by atoms with van der Waals surface area (Å²) in [6, 6.07) is 0. The van der Waals surface area contributed by atoms with Crippen LogP contribution in [0.5, 0.6) is 0 Å². The molecule has 1 amide bonds. The van der Waals surface area contributed by atoms with Gasteiger partial charge < -0.3 is 0 Å². The van der Waals surface area contributed by atoms with Crippen molar-refractivity contribution in [3.8, 4) is 0 Å². The predicted octanol–water partition coefficient (Wildman–Crippen LogP) is 1.69. The fourth-order valence-corrected chi connectivity index (χ4v) is 0.639. The topological polar surface area (TPSA) is 29.5 Å². The molecular weight excluding hydrogens is 166 g/mol. The molecule has 0 unspecified atom stereocenters. The fourth-order valence-electron chi connectivity index (χ4n) is 0.639. The molecule has 72 valence electrons. The lowest BCUT2D eigenvalue weighted by Gasteiger charge is -2.12. The minimum Gasteiger partial charge on any atom is -0.274 e. The van der Waals surface area contributed by atoms with E-state index in [0.717, 1.165) is 5.06 Å². The first-order valence-corrected chi connectivity index (χ1v) is 3.94. The molecule has 0 aromatic carbocycles. The fraction of sp³-hybridized carbons (Fsp3) is 0.300. The van der Waals surface area contributed by atoms with Crippen LogP contribution in [0.1, 0.15) is 6.92 Å². The Morgan fingerprint density at radius 2 is 2.08 bits per heavy atom. The zero-order chi connectivity index (χ0) is 10.3. The number of rotatable bonds is 4. The number of carbonyl (C=O) groups excluding carboxylic acids is 1. The summed E-state index contributed by atoms with van der Waals surface area (Å²) in [6.07, 6.45) is 7.08. The van der Waals surface area contributed by atoms with Crippen molar-refractivity contribution in [1.29, 1.82) is 0 Å². The maximum Gasteiger partial charge on any atom is 0.276 e. The lowest BCUT2D eigenvalue weighted by atomic mass is 10.2. The summed E-state index contributed by atoms with van der Waals surface area (Å²) in [5.74, 6) is -0.247. The van der Waals surface area contributed by atoms with Crippen LogP contribution in [0, 0.1) is 0 Å². The molecule has 0 radical (unpaired) electrons. The Bertz CT molecular complexity index is 241. The summed E-state index contributed by atoms with van der Waals surface area (Å²) in [6.45, 7) is 5.50. The zero-order valence-corrected chi connectivity index (χ0v) is 8.28. The van der Waals surface area contributed by atoms with E-state index in [1.165, 1.54) is 14.2 Å². The maximum atomic E-state index is 11.3. The van der Waals surface area contributed by atoms with Crippen molar-refractivity contribution >= 4 is 5.91 Å². The highest BCUT2D eigenvalue weighted by atomic mass is 16.7. The van der Waals surface area contributed by atoms with Gasteiger partial charge in [0.25, 0.3) is 5.91 Å². The monoisotopic (exact) mass is 181 g/mol. The smallest absolute Gasteiger partial charge is 0.274 e. The second-order valence-corrected chi connectivity index (χ2v) is 2.40. The molecule has 0 bridgehead atoms. The molecule has 0 heterocycles. The van der Waals surface area contributed by atoms with Crippen molar-refractivity contribution in [2.75, 3.05) is 14.2 Å². The van der Waals surface area contributed by atoms with E-state index in [9.17, 15) is 4.79 Å². The molecule has 3 nitrogen and oxygen atoms in total. The molecule has 0 aliphatic carbocycles. The Hall–Kier alpha value is -1.35. The molecular formula is C10H15NO2. The first kappa shape index (κ1) is 11.6. The van der Waals surface area contributed by atoms with Gasteiger partial charge in [-0.05, 0) is 13.0 Å². The zero-order valence-electron chi connectivity index (χ0n) is 8.28. The van der Waals surface area contributed by atoms with E-state index >= 15 is 0 Å². The molecule has 0 spiro atoms. The SMILES string of the molecule is C=C(/C=C\C=C/C)C(=O)N(C)OC. The third-order valence-corrected chi connectivity index (χ3v) is 1.44. The summed E-state index contributed by atoms with van der Waals surface area (Å²) in [5.41, 5.74) is 0.391. The molecule has 0 aromatic heterocycles. The van der Waals surface area contributed by atoms with Gasteiger partial charge in [-0.2, -0.15) is 0 Å². The highest BCUT2D eigenvalue weighted by Crippen LogP contribution is 1.99. The average molecular weight is 181 g/mol. The number of hydroxylamine groups is 2. The lowest BCUT2D eigenvalue weighted by Crippen LogP contribution is -2.25. The van der Waals surface area contributed by atoms with Crippen molar-refractivity contribution in [3.63, 3.8) is 0 Å². The van der Waals surface area contributed by atoms with Crippen molar-refractivity contribution in [1.82, 2.24) is 5.06 Å². The first-order chi connectivity index (χ1) is 6.13. The molecule has 0 aliphatic heterocycles. The lowest BCUT2D eigenvalue weighted by molar-refractivity contribution is -0.163. The third-order valence-electron chi connectivity index (χ3n) is 1.44. The summed E-state index contributed by atoms with van der Waals surface area (Å²) in [7, 11) is 2.97. The van der Waals surface area contributed by atoms with Crippen molar-refractivity contribution in [3.05, 3.63) is 36.5 Å². The Morgan fingerprint density at radius 3 is 2.54 bits per heavy atom. The molecule has 0 saturated carbocycles. The Kier molecular flexibility index (Phi) is 5.55. The number of hydrogen-bond acceptors (Lipinski definition) is 2. The number of amides is 1. The van der Waals surface area contributed by atoms with Gasteiger partial charge in [0.15, 0.2) is 0 Å². The van der Waals surface area contributed by atoms with Crippen molar-refractivity contribution in [2.45, 2.75) is 6.92 Å². The van der Waals surface area contributed by atoms with E-state index in [-0.39, 0.29) is 5.91 Å². The molecule has 0 fully saturated rings. The van der Waals surface area contributed by atoms with Gasteiger partial charge in [0.2, 0.25) is 0 Å². The quantitative estimate of drug-likeness (QED) is 0.375. The molecule has 0 aliphatic rings. The van der Waals surface area contributed by atoms with Crippen LogP contribution < -0.4 is 0 Å². The molecule has 13 heavy (non-hydrogen) atoms. The number of nitrogens with zero attached hydrogens (tertiary/aromatic N) is 1. The highest BCUT2D eigenvalue weighted by molar-refractivity contribution is 5.94. The van der Waals surface area contributed by atoms with Gasteiger partial charge in [-0.1, -0.05) is 24.8 Å². The third kappa shape index (κ3) is 4.28. The summed E-state index contributed by atoms with van der Waals surface area (Å²) >= 11 is 0. The van der Waals surface area contributed by atoms with Gasteiger partial charge in [0, 0.05) is 12.6 Å². The van der Waals surface area contributed by atoms with Crippen molar-refractivity contribution < 1.29 is 9.63 Å². The number of likely N-dealkylation sites (N-methyl/N-ethyl adjacent to an activating group) is 1. The molecule has 0 aromatic rings. The molecule has 3 heteroatoms. The van der Waals surface area contributed by atoms with Gasteiger partial charge in [-0.3, -0.25) is 9.63 Å². The second-order valence-electron chi connectivity index (χ2n) is 2.40. The Morgan fingerprint density at radius 1 is 1.46 bits per heavy atom. The van der Waals surface area contributed by atoms with Crippen molar-refractivity contribution in [2.24, 2.45) is 0 Å². The van der Waals surface area contributed by atoms with E-state index in [0.29, 0.717) is 5.57 Å². The largest absolute Gasteiger partial charge is 0.276 e. The van der Waals surface area contributed by atoms with E-state index in [2.05, 4.69) is 6.58 Å². The van der Waals surface area contributed by atoms with E-state index in [4.69, 9.17) is 4.84 Å². The van der Waals surface area contributed by atoms with Gasteiger partial charge in [0.05, 0.1) is 7.11 Å². The van der Waals surface area contributed by atoms with Crippen LogP contribution in [0.2, 0.25) is 0 Å². The number of allylic oxidation sites excluding steroid dienone is 3. The van der Waals surface area contributed by atoms with Crippen LogP contribution in [-0.2, 0) is 9.63 Å². The number of hydrogen-bond donors (Lipinski definition) is 0. The highest BCUT2D eigenvalue weighted by Gasteiger charge is 2.08. The Labute approximate surface area is 78.9 Å². The van der Waals surface area contributed by atoms with Crippen LogP contribution in [0.15, 0.2) is 36.5 Å². The van der Waals surface area contributed by atoms with Crippen LogP contribution in [0.4, 0.5) is 0 Å². The van der Waals surface area contributed by atoms with Crippen LogP contribution in [-0.4, -0.2) is 25.1 Å². The summed E-state index contributed by atoms with van der Waals surface area (Å²) in [5, 5.41) is 1.13. The minimum absolute atomic E-state index is 0.247. The van der Waals surface area contributed by atoms with Gasteiger partial charge >= 0.3 is 0 Å². The first-order valence-electron chi connectivity index (χ1n) is 3.94. The van der Waals surface area contributed by atoms with E-state index in [1.807, 2.05) is 19.1 Å². The molecule has 0 rings (SSSR count). The Balaban J connectivity index is 4.19. The maximum absolute atomic E-state index is 11.3. The van der Waals surface area contributed by atoms with Crippen LogP contribution in [0.25, 0.3) is 0 Å².